The van der Waals surface area contributed by atoms with Crippen LogP contribution in [0.2, 0.25) is 0 Å². The summed E-state index contributed by atoms with van der Waals surface area (Å²) in [5, 5.41) is 0. The Labute approximate surface area is 104 Å². The van der Waals surface area contributed by atoms with E-state index in [4.69, 9.17) is 15.2 Å². The van der Waals surface area contributed by atoms with Gasteiger partial charge in [-0.1, -0.05) is 26.0 Å². The lowest BCUT2D eigenvalue weighted by Crippen LogP contribution is -2.08. The summed E-state index contributed by atoms with van der Waals surface area (Å²) in [4.78, 5) is 0. The van der Waals surface area contributed by atoms with Crippen molar-refractivity contribution in [2.45, 2.75) is 26.8 Å². The molecular formula is C14H23NO2. The lowest BCUT2D eigenvalue weighted by molar-refractivity contribution is 0.0926. The van der Waals surface area contributed by atoms with Crippen molar-refractivity contribution in [3.63, 3.8) is 0 Å². The van der Waals surface area contributed by atoms with E-state index in [1.54, 1.807) is 0 Å². The minimum atomic E-state index is 0.568. The topological polar surface area (TPSA) is 44.5 Å². The molecular weight excluding hydrogens is 214 g/mol. The Balaban J connectivity index is 2.09. The first-order valence-corrected chi connectivity index (χ1v) is 6.22. The van der Waals surface area contributed by atoms with Crippen LogP contribution in [-0.4, -0.2) is 19.8 Å². The Kier molecular flexibility index (Phi) is 6.67. The van der Waals surface area contributed by atoms with Crippen LogP contribution in [0.5, 0.6) is 5.75 Å². The first-order chi connectivity index (χ1) is 8.22. The molecule has 3 nitrogen and oxygen atoms in total. The predicted octanol–water partition coefficient (Wildman–Crippen LogP) is 2.59. The minimum Gasteiger partial charge on any atom is -0.491 e. The van der Waals surface area contributed by atoms with E-state index >= 15 is 0 Å². The van der Waals surface area contributed by atoms with Crippen molar-refractivity contribution in [1.29, 1.82) is 0 Å². The zero-order chi connectivity index (χ0) is 12.5. The lowest BCUT2D eigenvalue weighted by Gasteiger charge is -2.08. The third-order valence-electron chi connectivity index (χ3n) is 2.49. The maximum absolute atomic E-state index is 5.55. The van der Waals surface area contributed by atoms with Gasteiger partial charge in [0.05, 0.1) is 6.61 Å². The van der Waals surface area contributed by atoms with Crippen molar-refractivity contribution in [1.82, 2.24) is 0 Å². The summed E-state index contributed by atoms with van der Waals surface area (Å²) >= 11 is 0. The second-order valence-corrected chi connectivity index (χ2v) is 4.49. The van der Waals surface area contributed by atoms with Gasteiger partial charge in [0.25, 0.3) is 0 Å². The second kappa shape index (κ2) is 8.09. The average Bonchev–Trinajstić information content (AvgIpc) is 2.34. The van der Waals surface area contributed by atoms with Crippen LogP contribution >= 0.6 is 0 Å². The summed E-state index contributed by atoms with van der Waals surface area (Å²) in [5.74, 6) is 1.56. The van der Waals surface area contributed by atoms with Gasteiger partial charge in [-0.25, -0.2) is 0 Å². The summed E-state index contributed by atoms with van der Waals surface area (Å²) in [5.41, 5.74) is 6.63. The Morgan fingerprint density at radius 2 is 1.76 bits per heavy atom. The monoisotopic (exact) mass is 237 g/mol. The van der Waals surface area contributed by atoms with Crippen molar-refractivity contribution in [2.24, 2.45) is 11.7 Å². The van der Waals surface area contributed by atoms with Crippen molar-refractivity contribution in [3.05, 3.63) is 29.8 Å². The molecule has 2 N–H and O–H groups in total. The summed E-state index contributed by atoms with van der Waals surface area (Å²) in [6.45, 7) is 7.01. The standard InChI is InChI=1S/C14H23NO2/c1-12(2)7-8-16-9-10-17-14-5-3-13(11-15)4-6-14/h3-6,12H,7-11,15H2,1-2H3. The summed E-state index contributed by atoms with van der Waals surface area (Å²) < 4.78 is 11.0. The average molecular weight is 237 g/mol. The molecule has 0 aliphatic carbocycles. The molecule has 0 heterocycles. The molecule has 0 aromatic heterocycles. The van der Waals surface area contributed by atoms with E-state index < -0.39 is 0 Å². The van der Waals surface area contributed by atoms with Crippen molar-refractivity contribution < 1.29 is 9.47 Å². The van der Waals surface area contributed by atoms with E-state index in [9.17, 15) is 0 Å². The number of hydrogen-bond acceptors (Lipinski definition) is 3. The van der Waals surface area contributed by atoms with Gasteiger partial charge in [-0.05, 0) is 30.0 Å². The molecule has 1 aromatic carbocycles. The van der Waals surface area contributed by atoms with Crippen LogP contribution < -0.4 is 10.5 Å². The van der Waals surface area contributed by atoms with Gasteiger partial charge in [0.2, 0.25) is 0 Å². The van der Waals surface area contributed by atoms with Crippen LogP contribution in [-0.2, 0) is 11.3 Å². The van der Waals surface area contributed by atoms with Crippen molar-refractivity contribution in [3.8, 4) is 5.75 Å². The Morgan fingerprint density at radius 3 is 2.35 bits per heavy atom. The summed E-state index contributed by atoms with van der Waals surface area (Å²) in [6.07, 6.45) is 1.10. The number of benzene rings is 1. The number of ether oxygens (including phenoxy) is 2. The molecule has 96 valence electrons. The molecule has 0 atom stereocenters. The van der Waals surface area contributed by atoms with Gasteiger partial charge in [-0.3, -0.25) is 0 Å². The number of rotatable bonds is 8. The molecule has 0 amide bonds. The first kappa shape index (κ1) is 14.0. The van der Waals surface area contributed by atoms with Gasteiger partial charge in [0.15, 0.2) is 0 Å². The molecule has 1 rings (SSSR count). The third kappa shape index (κ3) is 6.29. The second-order valence-electron chi connectivity index (χ2n) is 4.49. The molecule has 0 aliphatic heterocycles. The van der Waals surface area contributed by atoms with Gasteiger partial charge in [0, 0.05) is 13.2 Å². The predicted molar refractivity (Wildman–Crippen MR) is 70.1 cm³/mol. The van der Waals surface area contributed by atoms with Crippen LogP contribution in [0, 0.1) is 5.92 Å². The molecule has 3 heteroatoms. The highest BCUT2D eigenvalue weighted by Crippen LogP contribution is 2.11. The van der Waals surface area contributed by atoms with Gasteiger partial charge in [0.1, 0.15) is 12.4 Å². The highest BCUT2D eigenvalue weighted by Gasteiger charge is 1.96. The molecule has 17 heavy (non-hydrogen) atoms. The molecule has 0 spiro atoms. The SMILES string of the molecule is CC(C)CCOCCOc1ccc(CN)cc1. The molecule has 1 aromatic rings. The van der Waals surface area contributed by atoms with Gasteiger partial charge in [-0.2, -0.15) is 0 Å². The van der Waals surface area contributed by atoms with Crippen LogP contribution in [0.25, 0.3) is 0 Å². The molecule has 0 bridgehead atoms. The normalized spacial score (nSPS) is 10.8. The maximum Gasteiger partial charge on any atom is 0.119 e. The maximum atomic E-state index is 5.55. The third-order valence-corrected chi connectivity index (χ3v) is 2.49. The Morgan fingerprint density at radius 1 is 1.06 bits per heavy atom. The summed E-state index contributed by atoms with van der Waals surface area (Å²) in [6, 6.07) is 7.84. The zero-order valence-electron chi connectivity index (χ0n) is 10.8. The molecule has 0 fully saturated rings. The van der Waals surface area contributed by atoms with E-state index in [0.29, 0.717) is 25.7 Å². The van der Waals surface area contributed by atoms with Crippen LogP contribution in [0.4, 0.5) is 0 Å². The van der Waals surface area contributed by atoms with E-state index in [1.165, 1.54) is 0 Å². The molecule has 0 aliphatic rings. The fraction of sp³-hybridized carbons (Fsp3) is 0.571. The van der Waals surface area contributed by atoms with Crippen LogP contribution in [0.15, 0.2) is 24.3 Å². The lowest BCUT2D eigenvalue weighted by atomic mass is 10.1. The van der Waals surface area contributed by atoms with E-state index in [2.05, 4.69) is 13.8 Å². The van der Waals surface area contributed by atoms with Crippen molar-refractivity contribution >= 4 is 0 Å². The zero-order valence-corrected chi connectivity index (χ0v) is 10.8. The number of nitrogens with two attached hydrogens (primary N) is 1. The largest absolute Gasteiger partial charge is 0.491 e. The molecule has 0 radical (unpaired) electrons. The minimum absolute atomic E-state index is 0.568. The van der Waals surface area contributed by atoms with Crippen LogP contribution in [0.1, 0.15) is 25.8 Å². The fourth-order valence-corrected chi connectivity index (χ4v) is 1.36. The Hall–Kier alpha value is -1.06. The quantitative estimate of drug-likeness (QED) is 0.707. The van der Waals surface area contributed by atoms with E-state index in [-0.39, 0.29) is 0 Å². The smallest absolute Gasteiger partial charge is 0.119 e. The fourth-order valence-electron chi connectivity index (χ4n) is 1.36. The molecule has 0 saturated heterocycles. The highest BCUT2D eigenvalue weighted by molar-refractivity contribution is 5.26. The van der Waals surface area contributed by atoms with Crippen LogP contribution in [0.3, 0.4) is 0 Å². The van der Waals surface area contributed by atoms with E-state index in [1.807, 2.05) is 24.3 Å². The van der Waals surface area contributed by atoms with Gasteiger partial charge in [-0.15, -0.1) is 0 Å². The summed E-state index contributed by atoms with van der Waals surface area (Å²) in [7, 11) is 0. The molecule has 0 unspecified atom stereocenters. The first-order valence-electron chi connectivity index (χ1n) is 6.22. The van der Waals surface area contributed by atoms with Gasteiger partial charge >= 0.3 is 0 Å². The van der Waals surface area contributed by atoms with Crippen molar-refractivity contribution in [2.75, 3.05) is 19.8 Å². The molecule has 0 saturated carbocycles. The Bertz CT molecular complexity index is 296. The van der Waals surface area contributed by atoms with E-state index in [0.717, 1.165) is 24.3 Å². The highest BCUT2D eigenvalue weighted by atomic mass is 16.5. The van der Waals surface area contributed by atoms with Gasteiger partial charge < -0.3 is 15.2 Å². The number of hydrogen-bond donors (Lipinski definition) is 1.